The first-order valence-corrected chi connectivity index (χ1v) is 51.1. The van der Waals surface area contributed by atoms with Crippen molar-refractivity contribution >= 4 is 39.5 Å². The van der Waals surface area contributed by atoms with Gasteiger partial charge in [-0.15, -0.1) is 0 Å². The third-order valence-corrected chi connectivity index (χ3v) is 23.9. The average molecular weight is 1630 g/mol. The van der Waals surface area contributed by atoms with E-state index in [1.54, 1.807) is 0 Å². The van der Waals surface area contributed by atoms with Crippen LogP contribution in [0.5, 0.6) is 0 Å². The predicted molar refractivity (Wildman–Crippen MR) is 465 cm³/mol. The van der Waals surface area contributed by atoms with Crippen LogP contribution in [0.2, 0.25) is 0 Å². The minimum Gasteiger partial charge on any atom is -0.462 e. The smallest absolute Gasteiger partial charge is 0.462 e. The molecule has 0 fully saturated rings. The summed E-state index contributed by atoms with van der Waals surface area (Å²) in [6, 6.07) is 0. The molecule has 0 amide bonds. The molecule has 17 nitrogen and oxygen atoms in total. The van der Waals surface area contributed by atoms with Crippen LogP contribution in [0, 0.1) is 5.92 Å². The Morgan fingerprint density at radius 1 is 0.241 bits per heavy atom. The van der Waals surface area contributed by atoms with Crippen molar-refractivity contribution in [3.63, 3.8) is 0 Å². The molecule has 0 bridgehead atoms. The van der Waals surface area contributed by atoms with Crippen molar-refractivity contribution in [3.8, 4) is 0 Å². The molecular formula is C93H182O17P2. The number of carbonyl (C=O) groups is 4. The van der Waals surface area contributed by atoms with Crippen LogP contribution in [0.25, 0.3) is 0 Å². The Kier molecular flexibility index (Phi) is 84.0. The monoisotopic (exact) mass is 1630 g/mol. The van der Waals surface area contributed by atoms with Crippen LogP contribution in [0.1, 0.15) is 510 Å². The molecule has 0 aliphatic carbocycles. The zero-order chi connectivity index (χ0) is 81.8. The number of carbonyl (C=O) groups excluding carboxylic acids is 4. The third kappa shape index (κ3) is 85.9. The molecule has 2 unspecified atom stereocenters. The molecule has 666 valence electrons. The summed E-state index contributed by atoms with van der Waals surface area (Å²) < 4.78 is 69.1. The van der Waals surface area contributed by atoms with E-state index in [-0.39, 0.29) is 25.7 Å². The largest absolute Gasteiger partial charge is 0.472 e. The van der Waals surface area contributed by atoms with Crippen molar-refractivity contribution in [2.75, 3.05) is 39.6 Å². The Hall–Kier alpha value is -1.94. The summed E-state index contributed by atoms with van der Waals surface area (Å²) in [5.41, 5.74) is 0. The molecule has 0 rings (SSSR count). The fourth-order valence-electron chi connectivity index (χ4n) is 14.7. The summed E-state index contributed by atoms with van der Waals surface area (Å²) in [6.07, 6.45) is 82.2. The molecule has 112 heavy (non-hydrogen) atoms. The molecule has 5 atom stereocenters. The van der Waals surface area contributed by atoms with Crippen LogP contribution < -0.4 is 0 Å². The van der Waals surface area contributed by atoms with Gasteiger partial charge >= 0.3 is 39.5 Å². The van der Waals surface area contributed by atoms with Crippen LogP contribution in [-0.4, -0.2) is 96.7 Å². The average Bonchev–Trinajstić information content (AvgIpc) is 0.899. The SMILES string of the molecule is CCCCCCCCCCCCCCCCCCCCCCCC(=O)OC[C@H](COP(=O)(O)OC[C@@H](O)COP(=O)(O)OC[C@@H](COC(=O)CCCCCCCCCCCC)OC(=O)CCCCCCCCCCCCCCCCCCCCCC)OC(=O)CCCCCCCCCCCCCCCCCCCCC(C)C. The Labute approximate surface area is 689 Å². The van der Waals surface area contributed by atoms with Gasteiger partial charge in [-0.1, -0.05) is 458 Å². The van der Waals surface area contributed by atoms with Crippen molar-refractivity contribution < 1.29 is 80.2 Å². The van der Waals surface area contributed by atoms with Gasteiger partial charge in [0.25, 0.3) is 0 Å². The van der Waals surface area contributed by atoms with E-state index in [4.69, 9.17) is 37.0 Å². The molecule has 0 saturated carbocycles. The van der Waals surface area contributed by atoms with E-state index >= 15 is 0 Å². The fourth-order valence-corrected chi connectivity index (χ4v) is 16.3. The molecule has 0 aliphatic heterocycles. The van der Waals surface area contributed by atoms with Gasteiger partial charge in [-0.05, 0) is 31.6 Å². The van der Waals surface area contributed by atoms with Crippen molar-refractivity contribution in [1.82, 2.24) is 0 Å². The number of unbranched alkanes of at least 4 members (excludes halogenated alkanes) is 65. The van der Waals surface area contributed by atoms with Crippen LogP contribution >= 0.6 is 15.6 Å². The van der Waals surface area contributed by atoms with Gasteiger partial charge in [-0.25, -0.2) is 9.13 Å². The number of phosphoric acid groups is 2. The second-order valence-electron chi connectivity index (χ2n) is 33.9. The Balaban J connectivity index is 5.20. The highest BCUT2D eigenvalue weighted by atomic mass is 31.2. The predicted octanol–water partition coefficient (Wildman–Crippen LogP) is 29.1. The first-order valence-electron chi connectivity index (χ1n) is 48.1. The highest BCUT2D eigenvalue weighted by molar-refractivity contribution is 7.47. The van der Waals surface area contributed by atoms with Crippen LogP contribution in [0.3, 0.4) is 0 Å². The highest BCUT2D eigenvalue weighted by Crippen LogP contribution is 2.45. The van der Waals surface area contributed by atoms with Gasteiger partial charge in [0, 0.05) is 25.7 Å². The maximum Gasteiger partial charge on any atom is 0.472 e. The molecule has 0 radical (unpaired) electrons. The van der Waals surface area contributed by atoms with Gasteiger partial charge in [0.05, 0.1) is 26.4 Å². The van der Waals surface area contributed by atoms with E-state index in [1.165, 1.54) is 334 Å². The fraction of sp³-hybridized carbons (Fsp3) is 0.957. The number of ether oxygens (including phenoxy) is 4. The van der Waals surface area contributed by atoms with Gasteiger partial charge in [0.1, 0.15) is 19.3 Å². The lowest BCUT2D eigenvalue weighted by atomic mass is 10.0. The molecule has 19 heteroatoms. The van der Waals surface area contributed by atoms with Crippen molar-refractivity contribution in [3.05, 3.63) is 0 Å². The van der Waals surface area contributed by atoms with Crippen molar-refractivity contribution in [2.45, 2.75) is 528 Å². The number of aliphatic hydroxyl groups excluding tert-OH is 1. The van der Waals surface area contributed by atoms with Gasteiger partial charge < -0.3 is 33.8 Å². The third-order valence-electron chi connectivity index (χ3n) is 22.0. The van der Waals surface area contributed by atoms with Gasteiger partial charge in [-0.2, -0.15) is 0 Å². The van der Waals surface area contributed by atoms with E-state index in [9.17, 15) is 43.2 Å². The quantitative estimate of drug-likeness (QED) is 0.0222. The molecule has 0 aromatic heterocycles. The summed E-state index contributed by atoms with van der Waals surface area (Å²) in [4.78, 5) is 73.4. The number of esters is 4. The van der Waals surface area contributed by atoms with Gasteiger partial charge in [-0.3, -0.25) is 37.3 Å². The van der Waals surface area contributed by atoms with Gasteiger partial charge in [0.15, 0.2) is 12.2 Å². The van der Waals surface area contributed by atoms with Crippen LogP contribution in [0.15, 0.2) is 0 Å². The molecule has 0 aromatic rings. The number of aliphatic hydroxyl groups is 1. The summed E-state index contributed by atoms with van der Waals surface area (Å²) in [5, 5.41) is 10.7. The molecule has 3 N–H and O–H groups in total. The standard InChI is InChI=1S/C93H182O17P2/c1-6-9-12-15-18-21-24-26-28-30-32-34-36-40-44-48-52-57-62-67-72-77-91(96)104-83-89(110-93(98)79-74-69-64-59-54-50-46-42-38-37-39-43-47-51-55-60-65-70-75-86(4)5)85-108-112(101,102)106-81-87(94)80-105-111(99,100)107-84-88(82-103-90(95)76-71-66-61-56-23-20-17-14-11-8-3)109-92(97)78-73-68-63-58-53-49-45-41-35-33-31-29-27-25-22-19-16-13-10-7-2/h86-89,94H,6-85H2,1-5H3,(H,99,100)(H,101,102)/t87-,88+,89+/m0/s1. The number of rotatable bonds is 93. The lowest BCUT2D eigenvalue weighted by Crippen LogP contribution is -2.30. The van der Waals surface area contributed by atoms with E-state index in [0.29, 0.717) is 25.7 Å². The Morgan fingerprint density at radius 3 is 0.607 bits per heavy atom. The number of phosphoric ester groups is 2. The number of hydrogen-bond acceptors (Lipinski definition) is 15. The number of hydrogen-bond donors (Lipinski definition) is 3. The minimum atomic E-state index is -4.97. The molecule has 0 aromatic carbocycles. The molecule has 0 heterocycles. The summed E-state index contributed by atoms with van der Waals surface area (Å²) >= 11 is 0. The lowest BCUT2D eigenvalue weighted by Gasteiger charge is -2.21. The van der Waals surface area contributed by atoms with E-state index in [2.05, 4.69) is 34.6 Å². The molecular weight excluding hydrogens is 1450 g/mol. The summed E-state index contributed by atoms with van der Waals surface area (Å²) in [7, 11) is -9.94. The van der Waals surface area contributed by atoms with E-state index < -0.39 is 97.5 Å². The summed E-state index contributed by atoms with van der Waals surface area (Å²) in [5.74, 6) is -1.27. The topological polar surface area (TPSA) is 237 Å². The Bertz CT molecular complexity index is 2120. The second kappa shape index (κ2) is 85.5. The second-order valence-corrected chi connectivity index (χ2v) is 36.8. The molecule has 0 saturated heterocycles. The molecule has 0 aliphatic rings. The van der Waals surface area contributed by atoms with Crippen molar-refractivity contribution in [1.29, 1.82) is 0 Å². The maximum atomic E-state index is 13.2. The van der Waals surface area contributed by atoms with E-state index in [0.717, 1.165) is 95.8 Å². The lowest BCUT2D eigenvalue weighted by molar-refractivity contribution is -0.161. The highest BCUT2D eigenvalue weighted by Gasteiger charge is 2.31. The zero-order valence-corrected chi connectivity index (χ0v) is 75.6. The first-order chi connectivity index (χ1) is 54.5. The molecule has 0 spiro atoms. The Morgan fingerprint density at radius 2 is 0.411 bits per heavy atom. The first kappa shape index (κ1) is 110. The minimum absolute atomic E-state index is 0.109. The van der Waals surface area contributed by atoms with Crippen LogP contribution in [-0.2, 0) is 65.4 Å². The normalized spacial score (nSPS) is 13.7. The van der Waals surface area contributed by atoms with Crippen molar-refractivity contribution in [2.24, 2.45) is 5.92 Å². The maximum absolute atomic E-state index is 13.2. The van der Waals surface area contributed by atoms with Gasteiger partial charge in [0.2, 0.25) is 0 Å². The summed E-state index contributed by atoms with van der Waals surface area (Å²) in [6.45, 7) is 7.43. The van der Waals surface area contributed by atoms with Crippen LogP contribution in [0.4, 0.5) is 0 Å². The van der Waals surface area contributed by atoms with E-state index in [1.807, 2.05) is 0 Å². The zero-order valence-electron chi connectivity index (χ0n) is 73.8.